The molecule has 0 spiro atoms. The predicted octanol–water partition coefficient (Wildman–Crippen LogP) is 2.33. The molecule has 0 amide bonds. The van der Waals surface area contributed by atoms with Crippen LogP contribution in [0.1, 0.15) is 25.8 Å². The van der Waals surface area contributed by atoms with Crippen LogP contribution in [0.5, 0.6) is 5.75 Å². The van der Waals surface area contributed by atoms with Gasteiger partial charge in [0.2, 0.25) is 0 Å². The van der Waals surface area contributed by atoms with Crippen LogP contribution in [0.15, 0.2) is 24.3 Å². The first kappa shape index (κ1) is 15.2. The average molecular weight is 269 g/mol. The summed E-state index contributed by atoms with van der Waals surface area (Å²) in [5, 5.41) is 3.36. The van der Waals surface area contributed by atoms with Gasteiger partial charge in [0.15, 0.2) is 0 Å². The van der Waals surface area contributed by atoms with Gasteiger partial charge in [-0.25, -0.2) is 0 Å². The molecule has 0 heterocycles. The van der Waals surface area contributed by atoms with Crippen molar-refractivity contribution >= 4 is 10.8 Å². The van der Waals surface area contributed by atoms with Crippen molar-refractivity contribution in [3.63, 3.8) is 0 Å². The van der Waals surface area contributed by atoms with Crippen LogP contribution in [0.4, 0.5) is 0 Å². The Morgan fingerprint density at radius 2 is 2.06 bits per heavy atom. The van der Waals surface area contributed by atoms with Crippen LogP contribution >= 0.6 is 0 Å². The Hall–Kier alpha value is -0.870. The Bertz CT molecular complexity index is 380. The van der Waals surface area contributed by atoms with Crippen LogP contribution in [-0.2, 0) is 17.3 Å². The lowest BCUT2D eigenvalue weighted by molar-refractivity contribution is 0.239. The minimum Gasteiger partial charge on any atom is -0.491 e. The number of nitrogens with one attached hydrogen (secondary N) is 1. The maximum Gasteiger partial charge on any atom is 0.124 e. The first-order valence-electron chi connectivity index (χ1n) is 6.35. The summed E-state index contributed by atoms with van der Waals surface area (Å²) in [5.74, 6) is 1.70. The zero-order chi connectivity index (χ0) is 13.4. The second kappa shape index (κ2) is 8.27. The maximum absolute atomic E-state index is 10.9. The standard InChI is InChI=1S/C14H23NO2S/c1-12(2)17-14-8-5-4-7-13(14)11-15-9-6-10-18(3)16/h4-5,7-8,12,15H,6,9-11H2,1-3H3. The van der Waals surface area contributed by atoms with Crippen molar-refractivity contribution in [1.82, 2.24) is 5.32 Å². The SMILES string of the molecule is CC(C)Oc1ccccc1CNCCCS(C)=O. The molecule has 0 bridgehead atoms. The minimum absolute atomic E-state index is 0.189. The van der Waals surface area contributed by atoms with Crippen LogP contribution in [0.2, 0.25) is 0 Å². The van der Waals surface area contributed by atoms with Crippen LogP contribution in [-0.4, -0.2) is 28.9 Å². The molecule has 4 heteroatoms. The second-order valence-electron chi connectivity index (χ2n) is 4.58. The van der Waals surface area contributed by atoms with E-state index < -0.39 is 10.8 Å². The van der Waals surface area contributed by atoms with E-state index in [0.29, 0.717) is 0 Å². The monoisotopic (exact) mass is 269 g/mol. The zero-order valence-corrected chi connectivity index (χ0v) is 12.3. The molecule has 0 saturated carbocycles. The molecule has 1 aromatic rings. The van der Waals surface area contributed by atoms with Crippen molar-refractivity contribution in [2.24, 2.45) is 0 Å². The number of benzene rings is 1. The van der Waals surface area contributed by atoms with Gasteiger partial charge in [-0.2, -0.15) is 0 Å². The van der Waals surface area contributed by atoms with Crippen molar-refractivity contribution in [1.29, 1.82) is 0 Å². The Morgan fingerprint density at radius 1 is 1.33 bits per heavy atom. The van der Waals surface area contributed by atoms with Crippen LogP contribution < -0.4 is 10.1 Å². The van der Waals surface area contributed by atoms with E-state index in [2.05, 4.69) is 11.4 Å². The number of hydrogen-bond donors (Lipinski definition) is 1. The molecule has 1 N–H and O–H groups in total. The summed E-state index contributed by atoms with van der Waals surface area (Å²) in [4.78, 5) is 0. The number of ether oxygens (including phenoxy) is 1. The minimum atomic E-state index is -0.690. The normalized spacial score (nSPS) is 12.7. The van der Waals surface area contributed by atoms with E-state index in [-0.39, 0.29) is 6.10 Å². The third-order valence-corrected chi connectivity index (χ3v) is 3.30. The van der Waals surface area contributed by atoms with Crippen LogP contribution in [0, 0.1) is 0 Å². The third kappa shape index (κ3) is 6.17. The molecule has 1 rings (SSSR count). The first-order chi connectivity index (χ1) is 8.59. The highest BCUT2D eigenvalue weighted by Gasteiger charge is 2.04. The van der Waals surface area contributed by atoms with Gasteiger partial charge in [-0.05, 0) is 32.9 Å². The molecule has 0 aliphatic carbocycles. The second-order valence-corrected chi connectivity index (χ2v) is 6.14. The fraction of sp³-hybridized carbons (Fsp3) is 0.571. The molecule has 0 aromatic heterocycles. The molecule has 0 aliphatic rings. The van der Waals surface area contributed by atoms with Crippen molar-refractivity contribution in [2.45, 2.75) is 32.9 Å². The molecule has 0 fully saturated rings. The maximum atomic E-state index is 10.9. The molecule has 0 saturated heterocycles. The Morgan fingerprint density at radius 3 is 2.72 bits per heavy atom. The van der Waals surface area contributed by atoms with E-state index in [1.807, 2.05) is 32.0 Å². The van der Waals surface area contributed by atoms with E-state index in [4.69, 9.17) is 4.74 Å². The van der Waals surface area contributed by atoms with E-state index >= 15 is 0 Å². The highest BCUT2D eigenvalue weighted by molar-refractivity contribution is 7.84. The topological polar surface area (TPSA) is 38.3 Å². The molecule has 1 aromatic carbocycles. The molecule has 3 nitrogen and oxygen atoms in total. The van der Waals surface area contributed by atoms with Gasteiger partial charge >= 0.3 is 0 Å². The fourth-order valence-electron chi connectivity index (χ4n) is 1.64. The summed E-state index contributed by atoms with van der Waals surface area (Å²) in [7, 11) is -0.690. The van der Waals surface area contributed by atoms with Crippen LogP contribution in [0.25, 0.3) is 0 Å². The Labute approximate surface area is 112 Å². The van der Waals surface area contributed by atoms with Crippen molar-refractivity contribution in [2.75, 3.05) is 18.6 Å². The molecular formula is C14H23NO2S. The van der Waals surface area contributed by atoms with Crippen molar-refractivity contribution in [3.8, 4) is 5.75 Å². The lowest BCUT2D eigenvalue weighted by atomic mass is 10.2. The summed E-state index contributed by atoms with van der Waals surface area (Å²) < 4.78 is 16.7. The number of rotatable bonds is 8. The fourth-order valence-corrected chi connectivity index (χ4v) is 2.19. The van der Waals surface area contributed by atoms with E-state index in [9.17, 15) is 4.21 Å². The summed E-state index contributed by atoms with van der Waals surface area (Å²) in [6.45, 7) is 5.73. The lowest BCUT2D eigenvalue weighted by Gasteiger charge is -2.14. The number of para-hydroxylation sites is 1. The summed E-state index contributed by atoms with van der Waals surface area (Å²) in [6, 6.07) is 8.08. The molecule has 0 radical (unpaired) electrons. The van der Waals surface area contributed by atoms with Crippen molar-refractivity contribution in [3.05, 3.63) is 29.8 Å². The largest absolute Gasteiger partial charge is 0.491 e. The Kier molecular flexibility index (Phi) is 6.98. The van der Waals surface area contributed by atoms with E-state index in [1.54, 1.807) is 6.26 Å². The van der Waals surface area contributed by atoms with Gasteiger partial charge in [-0.3, -0.25) is 4.21 Å². The van der Waals surface area contributed by atoms with Gasteiger partial charge in [-0.15, -0.1) is 0 Å². The number of hydrogen-bond acceptors (Lipinski definition) is 3. The first-order valence-corrected chi connectivity index (χ1v) is 8.07. The molecule has 0 aliphatic heterocycles. The van der Waals surface area contributed by atoms with E-state index in [0.717, 1.165) is 31.0 Å². The Balaban J connectivity index is 2.39. The highest BCUT2D eigenvalue weighted by atomic mass is 32.2. The molecule has 1 unspecified atom stereocenters. The predicted molar refractivity (Wildman–Crippen MR) is 77.5 cm³/mol. The third-order valence-electron chi connectivity index (χ3n) is 2.44. The van der Waals surface area contributed by atoms with Gasteiger partial charge < -0.3 is 10.1 Å². The lowest BCUT2D eigenvalue weighted by Crippen LogP contribution is -2.18. The highest BCUT2D eigenvalue weighted by Crippen LogP contribution is 2.18. The van der Waals surface area contributed by atoms with E-state index in [1.165, 1.54) is 5.56 Å². The van der Waals surface area contributed by atoms with Gasteiger partial charge in [0.25, 0.3) is 0 Å². The summed E-state index contributed by atoms with van der Waals surface area (Å²) in [5.41, 5.74) is 1.17. The molecule has 102 valence electrons. The van der Waals surface area contributed by atoms with Gasteiger partial charge in [0.1, 0.15) is 5.75 Å². The van der Waals surface area contributed by atoms with Gasteiger partial charge in [-0.1, -0.05) is 18.2 Å². The van der Waals surface area contributed by atoms with Gasteiger partial charge in [0.05, 0.1) is 6.10 Å². The molecule has 18 heavy (non-hydrogen) atoms. The smallest absolute Gasteiger partial charge is 0.124 e. The quantitative estimate of drug-likeness (QED) is 0.736. The van der Waals surface area contributed by atoms with Crippen LogP contribution in [0.3, 0.4) is 0 Å². The van der Waals surface area contributed by atoms with Crippen molar-refractivity contribution < 1.29 is 8.95 Å². The average Bonchev–Trinajstić information content (AvgIpc) is 2.29. The molecular weight excluding hydrogens is 246 g/mol. The van der Waals surface area contributed by atoms with Gasteiger partial charge in [0, 0.05) is 34.9 Å². The zero-order valence-electron chi connectivity index (χ0n) is 11.4. The molecule has 1 atom stereocenters. The summed E-state index contributed by atoms with van der Waals surface area (Å²) in [6.07, 6.45) is 2.87. The summed E-state index contributed by atoms with van der Waals surface area (Å²) >= 11 is 0.